The topological polar surface area (TPSA) is 85.3 Å². The summed E-state index contributed by atoms with van der Waals surface area (Å²) < 4.78 is 24.3. The number of fused-ring (bicyclic) bond motifs is 1. The van der Waals surface area contributed by atoms with Crippen LogP contribution in [0.4, 0.5) is 0 Å². The number of carbonyl (C=O) groups is 3. The summed E-state index contributed by atoms with van der Waals surface area (Å²) in [5, 5.41) is -0.0958. The molecule has 0 saturated heterocycles. The van der Waals surface area contributed by atoms with Crippen LogP contribution in [0.2, 0.25) is 5.02 Å². The molecule has 2 aromatic carbocycles. The van der Waals surface area contributed by atoms with Gasteiger partial charge in [-0.2, -0.15) is 0 Å². The second-order valence-electron chi connectivity index (χ2n) is 7.91. The minimum atomic E-state index is -3.36. The number of ketones is 3. The first-order valence-corrected chi connectivity index (χ1v) is 13.0. The SMILES string of the molecule is CC(=O)c1ccc(SC2CCCC(=O)C2C(=O)c2ccc3c(c2Cl)CCS3(=O)=O)cc1. The molecular formula is C23H21ClO5S2. The first kappa shape index (κ1) is 22.2. The van der Waals surface area contributed by atoms with Gasteiger partial charge in [-0.05, 0) is 56.0 Å². The predicted molar refractivity (Wildman–Crippen MR) is 120 cm³/mol. The monoisotopic (exact) mass is 476 g/mol. The molecule has 0 aromatic heterocycles. The molecule has 1 fully saturated rings. The van der Waals surface area contributed by atoms with Crippen molar-refractivity contribution in [3.63, 3.8) is 0 Å². The third kappa shape index (κ3) is 4.23. The normalized spacial score (nSPS) is 22.2. The number of Topliss-reactive ketones (excluding diaryl/α,β-unsaturated/α-hetero) is 3. The molecule has 0 N–H and O–H groups in total. The molecule has 31 heavy (non-hydrogen) atoms. The zero-order valence-electron chi connectivity index (χ0n) is 16.9. The van der Waals surface area contributed by atoms with E-state index in [9.17, 15) is 22.8 Å². The Balaban J connectivity index is 1.64. The zero-order chi connectivity index (χ0) is 22.3. The van der Waals surface area contributed by atoms with Crippen LogP contribution in [-0.4, -0.2) is 36.8 Å². The third-order valence-electron chi connectivity index (χ3n) is 5.88. The number of carbonyl (C=O) groups excluding carboxylic acids is 3. The highest BCUT2D eigenvalue weighted by Gasteiger charge is 2.40. The Bertz CT molecular complexity index is 1190. The van der Waals surface area contributed by atoms with Crippen LogP contribution < -0.4 is 0 Å². The molecular weight excluding hydrogens is 456 g/mol. The minimum Gasteiger partial charge on any atom is -0.299 e. The summed E-state index contributed by atoms with van der Waals surface area (Å²) in [4.78, 5) is 38.8. The lowest BCUT2D eigenvalue weighted by Crippen LogP contribution is -2.37. The summed E-state index contributed by atoms with van der Waals surface area (Å²) in [5.74, 6) is -1.33. The highest BCUT2D eigenvalue weighted by Crippen LogP contribution is 2.40. The van der Waals surface area contributed by atoms with Crippen LogP contribution in [-0.2, 0) is 21.1 Å². The fourth-order valence-electron chi connectivity index (χ4n) is 4.22. The first-order chi connectivity index (χ1) is 14.7. The second-order valence-corrected chi connectivity index (χ2v) is 11.7. The molecule has 1 saturated carbocycles. The maximum Gasteiger partial charge on any atom is 0.179 e. The number of hydrogen-bond donors (Lipinski definition) is 0. The lowest BCUT2D eigenvalue weighted by Gasteiger charge is -2.29. The molecule has 2 aliphatic rings. The van der Waals surface area contributed by atoms with Crippen molar-refractivity contribution in [1.82, 2.24) is 0 Å². The molecule has 8 heteroatoms. The van der Waals surface area contributed by atoms with Crippen molar-refractivity contribution in [2.45, 2.75) is 47.6 Å². The van der Waals surface area contributed by atoms with E-state index in [-0.39, 0.29) is 50.3 Å². The molecule has 2 atom stereocenters. The molecule has 162 valence electrons. The Morgan fingerprint density at radius 2 is 1.77 bits per heavy atom. The van der Waals surface area contributed by atoms with Gasteiger partial charge in [0.15, 0.2) is 21.4 Å². The Kier molecular flexibility index (Phi) is 6.12. The summed E-state index contributed by atoms with van der Waals surface area (Å²) >= 11 is 7.92. The summed E-state index contributed by atoms with van der Waals surface area (Å²) in [7, 11) is -3.36. The molecule has 1 aliphatic carbocycles. The minimum absolute atomic E-state index is 0.0171. The van der Waals surface area contributed by atoms with Gasteiger partial charge in [-0.25, -0.2) is 8.42 Å². The van der Waals surface area contributed by atoms with Gasteiger partial charge in [0.2, 0.25) is 0 Å². The Morgan fingerprint density at radius 3 is 2.45 bits per heavy atom. The van der Waals surface area contributed by atoms with Crippen LogP contribution in [0.25, 0.3) is 0 Å². The van der Waals surface area contributed by atoms with Gasteiger partial charge in [-0.15, -0.1) is 11.8 Å². The summed E-state index contributed by atoms with van der Waals surface area (Å²) in [6.45, 7) is 1.50. The van der Waals surface area contributed by atoms with Crippen LogP contribution in [0.3, 0.4) is 0 Å². The lowest BCUT2D eigenvalue weighted by molar-refractivity contribution is -0.122. The Morgan fingerprint density at radius 1 is 1.06 bits per heavy atom. The van der Waals surface area contributed by atoms with Crippen molar-refractivity contribution in [1.29, 1.82) is 0 Å². The maximum absolute atomic E-state index is 13.4. The third-order valence-corrected chi connectivity index (χ3v) is 9.46. The van der Waals surface area contributed by atoms with Gasteiger partial charge in [0.05, 0.1) is 21.6 Å². The van der Waals surface area contributed by atoms with Crippen LogP contribution in [0.15, 0.2) is 46.2 Å². The van der Waals surface area contributed by atoms with Crippen LogP contribution in [0, 0.1) is 5.92 Å². The molecule has 0 bridgehead atoms. The number of hydrogen-bond acceptors (Lipinski definition) is 6. The van der Waals surface area contributed by atoms with E-state index in [1.807, 2.05) is 12.1 Å². The highest BCUT2D eigenvalue weighted by molar-refractivity contribution is 8.00. The van der Waals surface area contributed by atoms with Crippen LogP contribution in [0.1, 0.15) is 52.5 Å². The zero-order valence-corrected chi connectivity index (χ0v) is 19.3. The van der Waals surface area contributed by atoms with E-state index in [4.69, 9.17) is 11.6 Å². The molecule has 2 aromatic rings. The standard InChI is InChI=1S/C23H21ClO5S2/c1-13(25)14-5-7-15(8-6-14)30-19-4-2-3-18(26)21(19)23(27)17-9-10-20-16(22(17)24)11-12-31(20,28)29/h5-10,19,21H,2-4,11-12H2,1H3. The van der Waals surface area contributed by atoms with E-state index in [1.54, 1.807) is 12.1 Å². The van der Waals surface area contributed by atoms with Gasteiger partial charge < -0.3 is 0 Å². The fourth-order valence-corrected chi connectivity index (χ4v) is 7.52. The van der Waals surface area contributed by atoms with E-state index in [0.717, 1.165) is 4.90 Å². The number of halogens is 1. The fraction of sp³-hybridized carbons (Fsp3) is 0.348. The van der Waals surface area contributed by atoms with Crippen molar-refractivity contribution in [3.8, 4) is 0 Å². The summed E-state index contributed by atoms with van der Waals surface area (Å²) in [6, 6.07) is 10.0. The van der Waals surface area contributed by atoms with Crippen molar-refractivity contribution >= 4 is 50.5 Å². The van der Waals surface area contributed by atoms with Crippen molar-refractivity contribution in [2.24, 2.45) is 5.92 Å². The van der Waals surface area contributed by atoms with Gasteiger partial charge in [0.25, 0.3) is 0 Å². The number of sulfone groups is 1. The summed E-state index contributed by atoms with van der Waals surface area (Å²) in [6.07, 6.45) is 2.03. The lowest BCUT2D eigenvalue weighted by atomic mass is 9.82. The van der Waals surface area contributed by atoms with Crippen molar-refractivity contribution in [3.05, 3.63) is 58.1 Å². The second kappa shape index (κ2) is 8.52. The van der Waals surface area contributed by atoms with Gasteiger partial charge in [0.1, 0.15) is 5.78 Å². The van der Waals surface area contributed by atoms with E-state index >= 15 is 0 Å². The van der Waals surface area contributed by atoms with Crippen LogP contribution in [0.5, 0.6) is 0 Å². The Hall–Kier alpha value is -1.96. The van der Waals surface area contributed by atoms with E-state index in [2.05, 4.69) is 0 Å². The maximum atomic E-state index is 13.4. The van der Waals surface area contributed by atoms with Gasteiger partial charge in [-0.3, -0.25) is 14.4 Å². The molecule has 1 heterocycles. The number of rotatable bonds is 5. The van der Waals surface area contributed by atoms with Gasteiger partial charge in [0, 0.05) is 27.7 Å². The molecule has 1 aliphatic heterocycles. The highest BCUT2D eigenvalue weighted by atomic mass is 35.5. The quantitative estimate of drug-likeness (QED) is 0.463. The van der Waals surface area contributed by atoms with Gasteiger partial charge >= 0.3 is 0 Å². The van der Waals surface area contributed by atoms with Crippen LogP contribution >= 0.6 is 23.4 Å². The molecule has 4 rings (SSSR count). The van der Waals surface area contributed by atoms with Gasteiger partial charge in [-0.1, -0.05) is 23.7 Å². The van der Waals surface area contributed by atoms with Crippen molar-refractivity contribution in [2.75, 3.05) is 5.75 Å². The Labute approximate surface area is 190 Å². The average Bonchev–Trinajstić information content (AvgIpc) is 3.04. The van der Waals surface area contributed by atoms with E-state index in [0.29, 0.717) is 30.4 Å². The smallest absolute Gasteiger partial charge is 0.179 e. The predicted octanol–water partition coefficient (Wildman–Crippen LogP) is 4.59. The molecule has 0 amide bonds. The van der Waals surface area contributed by atoms with Crippen molar-refractivity contribution < 1.29 is 22.8 Å². The molecule has 0 radical (unpaired) electrons. The average molecular weight is 477 g/mol. The first-order valence-electron chi connectivity index (χ1n) is 10.1. The molecule has 0 spiro atoms. The largest absolute Gasteiger partial charge is 0.299 e. The van der Waals surface area contributed by atoms with E-state index < -0.39 is 15.8 Å². The van der Waals surface area contributed by atoms with E-state index in [1.165, 1.54) is 30.8 Å². The molecule has 5 nitrogen and oxygen atoms in total. The number of benzene rings is 2. The summed E-state index contributed by atoms with van der Waals surface area (Å²) in [5.41, 5.74) is 1.30. The molecule has 2 unspecified atom stereocenters. The number of thioether (sulfide) groups is 1.